The highest BCUT2D eigenvalue weighted by molar-refractivity contribution is 6.41. The number of carbonyl (C=O) groups excluding carboxylic acids is 3. The van der Waals surface area contributed by atoms with E-state index in [9.17, 15) is 53.9 Å². The van der Waals surface area contributed by atoms with Crippen molar-refractivity contribution in [3.63, 3.8) is 0 Å². The minimum absolute atomic E-state index is 0.00950. The zero-order chi connectivity index (χ0) is 36.1. The lowest BCUT2D eigenvalue weighted by Gasteiger charge is -2.28. The molecule has 19 heteroatoms. The molecule has 0 aliphatic carbocycles. The van der Waals surface area contributed by atoms with Crippen molar-refractivity contribution >= 4 is 39.8 Å². The van der Waals surface area contributed by atoms with Gasteiger partial charge in [0, 0.05) is 47.5 Å². The Morgan fingerprint density at radius 3 is 1.94 bits per heavy atom. The molecule has 3 aromatic heterocycles. The lowest BCUT2D eigenvalue weighted by Crippen LogP contribution is -2.39. The second-order valence-electron chi connectivity index (χ2n) is 10.4. The Morgan fingerprint density at radius 2 is 1.39 bits per heavy atom. The number of nitrogen functional groups attached to an aromatic ring is 1. The van der Waals surface area contributed by atoms with Crippen molar-refractivity contribution in [1.29, 1.82) is 0 Å². The molecule has 10 nitrogen and oxygen atoms in total. The normalized spacial score (nSPS) is 13.6. The monoisotopic (exact) mass is 697 g/mol. The molecule has 5 aromatic rings. The summed E-state index contributed by atoms with van der Waals surface area (Å²) in [6, 6.07) is 13.9. The van der Waals surface area contributed by atoms with Crippen LogP contribution in [0.5, 0.6) is 0 Å². The number of halogens is 9. The quantitative estimate of drug-likeness (QED) is 0.181. The number of rotatable bonds is 4. The van der Waals surface area contributed by atoms with Crippen molar-refractivity contribution in [3.8, 4) is 11.4 Å². The molecule has 0 saturated carbocycles. The summed E-state index contributed by atoms with van der Waals surface area (Å²) in [6.45, 7) is 1.97. The van der Waals surface area contributed by atoms with E-state index in [0.29, 0.717) is 16.8 Å². The maximum Gasteiger partial charge on any atom is 0.458 e. The number of nitrogens with two attached hydrogens (primary N) is 1. The number of hydrogen-bond donors (Lipinski definition) is 1. The first kappa shape index (κ1) is 34.6. The van der Waals surface area contributed by atoms with E-state index in [4.69, 9.17) is 5.73 Å². The lowest BCUT2D eigenvalue weighted by molar-refractivity contribution is -0.193. The molecule has 2 N–H and O–H groups in total. The Kier molecular flexibility index (Phi) is 8.73. The number of imidazole rings is 1. The number of pyridine rings is 1. The smallest absolute Gasteiger partial charge is 0.383 e. The highest BCUT2D eigenvalue weighted by Crippen LogP contribution is 2.37. The largest absolute Gasteiger partial charge is 0.458 e. The van der Waals surface area contributed by atoms with Crippen molar-refractivity contribution in [2.24, 2.45) is 0 Å². The number of fused-ring (bicyclic) bond motifs is 2. The number of ketones is 2. The average Bonchev–Trinajstić information content (AvgIpc) is 3.64. The standard InChI is InChI=1S/C26H20F3N7O.C4F6O2/c1-15-31-11-13-34(15)17-4-6-18(7-5-17)35-12-9-20-22(25(35)37)36(33-23(20)26(27,28)29)19-3-2-16-8-10-32-24(30)21(16)14-19;5-3(6,7)1(11)2(12)4(8,9)10/h2-8,10-11,13-14H,9,12H2,1H3,(H2,30,32);. The highest BCUT2D eigenvalue weighted by Gasteiger charge is 2.54. The molecule has 49 heavy (non-hydrogen) atoms. The summed E-state index contributed by atoms with van der Waals surface area (Å²) in [6.07, 6.45) is -11.2. The molecule has 0 spiro atoms. The molecular weight excluding hydrogens is 677 g/mol. The molecule has 1 aliphatic rings. The number of carbonyl (C=O) groups is 3. The van der Waals surface area contributed by atoms with Gasteiger partial charge in [-0.15, -0.1) is 0 Å². The van der Waals surface area contributed by atoms with Gasteiger partial charge in [0.05, 0.1) is 5.69 Å². The van der Waals surface area contributed by atoms with Gasteiger partial charge in [0.1, 0.15) is 17.3 Å². The predicted octanol–water partition coefficient (Wildman–Crippen LogP) is 5.97. The second-order valence-corrected chi connectivity index (χ2v) is 10.4. The minimum Gasteiger partial charge on any atom is -0.383 e. The number of hydrogen-bond acceptors (Lipinski definition) is 7. The van der Waals surface area contributed by atoms with Crippen LogP contribution in [0, 0.1) is 6.92 Å². The summed E-state index contributed by atoms with van der Waals surface area (Å²) in [5.41, 5.74) is 6.44. The summed E-state index contributed by atoms with van der Waals surface area (Å²) in [5, 5.41) is 5.21. The van der Waals surface area contributed by atoms with Crippen molar-refractivity contribution < 1.29 is 53.9 Å². The molecule has 0 atom stereocenters. The molecule has 0 bridgehead atoms. The number of alkyl halides is 9. The average molecular weight is 698 g/mol. The molecular formula is C30H20F9N7O3. The number of aromatic nitrogens is 5. The van der Waals surface area contributed by atoms with Gasteiger partial charge in [-0.25, -0.2) is 14.6 Å². The Balaban J connectivity index is 0.000000335. The Bertz CT molecular complexity index is 2060. The van der Waals surface area contributed by atoms with E-state index in [1.165, 1.54) is 4.90 Å². The van der Waals surface area contributed by atoms with Crippen LogP contribution in [0.25, 0.3) is 22.1 Å². The number of anilines is 2. The topological polar surface area (TPSA) is 129 Å². The molecule has 256 valence electrons. The fraction of sp³-hybridized carbons (Fsp3) is 0.200. The minimum atomic E-state index is -5.77. The molecule has 2 aromatic carbocycles. The van der Waals surface area contributed by atoms with Gasteiger partial charge < -0.3 is 15.2 Å². The molecule has 0 fully saturated rings. The second kappa shape index (κ2) is 12.4. The van der Waals surface area contributed by atoms with Crippen LogP contribution in [0.3, 0.4) is 0 Å². The SMILES string of the molecule is Cc1nccn1-c1ccc(N2CCc3c(C(F)(F)F)nn(-c4ccc5ccnc(N)c5c4)c3C2=O)cc1.O=C(C(=O)C(F)(F)F)C(F)(F)F. The summed E-state index contributed by atoms with van der Waals surface area (Å²) in [5.74, 6) is -6.33. The summed E-state index contributed by atoms with van der Waals surface area (Å²) >= 11 is 0. The van der Waals surface area contributed by atoms with Gasteiger partial charge in [0.15, 0.2) is 5.69 Å². The van der Waals surface area contributed by atoms with Crippen LogP contribution >= 0.6 is 0 Å². The van der Waals surface area contributed by atoms with Crippen LogP contribution in [0.1, 0.15) is 27.6 Å². The summed E-state index contributed by atoms with van der Waals surface area (Å²) in [7, 11) is 0. The molecule has 1 aliphatic heterocycles. The number of aryl methyl sites for hydroxylation is 1. The van der Waals surface area contributed by atoms with Crippen molar-refractivity contribution in [1.82, 2.24) is 24.3 Å². The number of nitrogens with zero attached hydrogens (tertiary/aromatic N) is 6. The first-order chi connectivity index (χ1) is 22.8. The molecule has 0 saturated heterocycles. The lowest BCUT2D eigenvalue weighted by atomic mass is 10.0. The van der Waals surface area contributed by atoms with E-state index < -0.39 is 41.7 Å². The van der Waals surface area contributed by atoms with Gasteiger partial charge in [0.25, 0.3) is 5.91 Å². The van der Waals surface area contributed by atoms with Crippen LogP contribution in [0.2, 0.25) is 0 Å². The third-order valence-electron chi connectivity index (χ3n) is 7.30. The van der Waals surface area contributed by atoms with Crippen molar-refractivity contribution in [2.75, 3.05) is 17.2 Å². The summed E-state index contributed by atoms with van der Waals surface area (Å²) in [4.78, 5) is 42.7. The fourth-order valence-corrected chi connectivity index (χ4v) is 5.03. The van der Waals surface area contributed by atoms with Gasteiger partial charge >= 0.3 is 30.1 Å². The van der Waals surface area contributed by atoms with E-state index >= 15 is 0 Å². The first-order valence-corrected chi connectivity index (χ1v) is 13.8. The van der Waals surface area contributed by atoms with E-state index in [-0.39, 0.29) is 30.0 Å². The van der Waals surface area contributed by atoms with Crippen LogP contribution < -0.4 is 10.6 Å². The maximum absolute atomic E-state index is 13.9. The zero-order valence-electron chi connectivity index (χ0n) is 24.7. The molecule has 6 rings (SSSR count). The first-order valence-electron chi connectivity index (χ1n) is 13.8. The van der Waals surface area contributed by atoms with Crippen LogP contribution in [0.15, 0.2) is 67.1 Å². The van der Waals surface area contributed by atoms with E-state index in [1.807, 2.05) is 29.8 Å². The highest BCUT2D eigenvalue weighted by atomic mass is 19.4. The Morgan fingerprint density at radius 1 is 0.796 bits per heavy atom. The molecule has 1 amide bonds. The molecule has 0 unspecified atom stereocenters. The Labute approximate surface area is 268 Å². The van der Waals surface area contributed by atoms with Crippen LogP contribution in [0.4, 0.5) is 51.0 Å². The van der Waals surface area contributed by atoms with Gasteiger partial charge in [-0.3, -0.25) is 14.4 Å². The zero-order valence-corrected chi connectivity index (χ0v) is 24.7. The third kappa shape index (κ3) is 6.81. The van der Waals surface area contributed by atoms with Gasteiger partial charge in [-0.05, 0) is 61.2 Å². The molecule has 4 heterocycles. The molecule has 0 radical (unpaired) electrons. The van der Waals surface area contributed by atoms with Crippen molar-refractivity contribution in [3.05, 3.63) is 89.9 Å². The van der Waals surface area contributed by atoms with E-state index in [1.54, 1.807) is 48.8 Å². The Hall–Kier alpha value is -5.75. The number of amides is 1. The van der Waals surface area contributed by atoms with E-state index in [0.717, 1.165) is 21.6 Å². The van der Waals surface area contributed by atoms with Gasteiger partial charge in [0.2, 0.25) is 0 Å². The maximum atomic E-state index is 13.9. The number of benzene rings is 2. The summed E-state index contributed by atoms with van der Waals surface area (Å²) < 4.78 is 112. The van der Waals surface area contributed by atoms with E-state index in [2.05, 4.69) is 15.1 Å². The fourth-order valence-electron chi connectivity index (χ4n) is 5.03. The third-order valence-corrected chi connectivity index (χ3v) is 7.30. The van der Waals surface area contributed by atoms with Crippen molar-refractivity contribution in [2.45, 2.75) is 31.9 Å². The predicted molar refractivity (Wildman–Crippen MR) is 154 cm³/mol. The van der Waals surface area contributed by atoms with Gasteiger partial charge in [-0.2, -0.15) is 44.6 Å². The van der Waals surface area contributed by atoms with Crippen LogP contribution in [-0.2, 0) is 22.2 Å². The van der Waals surface area contributed by atoms with Gasteiger partial charge in [-0.1, -0.05) is 6.07 Å². The number of Topliss-reactive ketones (excluding diaryl/α,β-unsaturated/α-hetero) is 2. The van der Waals surface area contributed by atoms with Crippen LogP contribution in [-0.4, -0.2) is 60.7 Å².